The zero-order valence-corrected chi connectivity index (χ0v) is 12.8. The van der Waals surface area contributed by atoms with Gasteiger partial charge >= 0.3 is 0 Å². The van der Waals surface area contributed by atoms with Crippen LogP contribution in [0.2, 0.25) is 0 Å². The van der Waals surface area contributed by atoms with Crippen LogP contribution in [0.4, 0.5) is 0 Å². The molecule has 0 radical (unpaired) electrons. The Morgan fingerprint density at radius 2 is 2.21 bits per heavy atom. The first-order valence-corrected chi connectivity index (χ1v) is 8.05. The Labute approximate surface area is 125 Å². The van der Waals surface area contributed by atoms with E-state index in [9.17, 15) is 4.79 Å². The summed E-state index contributed by atoms with van der Waals surface area (Å²) in [6.07, 6.45) is 2.26. The van der Waals surface area contributed by atoms with E-state index < -0.39 is 0 Å². The van der Waals surface area contributed by atoms with Crippen LogP contribution < -0.4 is 0 Å². The Balaban J connectivity index is 1.82. The van der Waals surface area contributed by atoms with E-state index in [1.165, 1.54) is 5.56 Å². The number of amides is 1. The number of hydrogen-bond acceptors (Lipinski definition) is 2. The summed E-state index contributed by atoms with van der Waals surface area (Å²) >= 11 is 5.10. The molecular weight excluding hydrogens is 322 g/mol. The summed E-state index contributed by atoms with van der Waals surface area (Å²) < 4.78 is 0.949. The molecule has 0 unspecified atom stereocenters. The molecule has 4 heteroatoms. The molecule has 1 aliphatic rings. The van der Waals surface area contributed by atoms with E-state index in [2.05, 4.69) is 32.8 Å². The van der Waals surface area contributed by atoms with Gasteiger partial charge in [-0.05, 0) is 53.4 Å². The molecule has 0 saturated heterocycles. The SMILES string of the molecule is O=C(c1cccc(Br)c1)N(Cc1ccsc1)C1CC1. The minimum atomic E-state index is 0.134. The maximum atomic E-state index is 12.6. The molecule has 1 aliphatic carbocycles. The standard InChI is InChI=1S/C15H14BrNOS/c16-13-3-1-2-12(8-13)15(18)17(14-4-5-14)9-11-6-7-19-10-11/h1-3,6-8,10,14H,4-5,9H2. The zero-order chi connectivity index (χ0) is 13.2. The van der Waals surface area contributed by atoms with Crippen molar-refractivity contribution in [3.63, 3.8) is 0 Å². The van der Waals surface area contributed by atoms with E-state index in [1.54, 1.807) is 11.3 Å². The molecule has 1 amide bonds. The zero-order valence-electron chi connectivity index (χ0n) is 10.4. The highest BCUT2D eigenvalue weighted by Gasteiger charge is 2.33. The van der Waals surface area contributed by atoms with E-state index in [1.807, 2.05) is 29.2 Å². The van der Waals surface area contributed by atoms with Gasteiger partial charge in [0, 0.05) is 22.6 Å². The van der Waals surface area contributed by atoms with E-state index in [4.69, 9.17) is 0 Å². The minimum Gasteiger partial charge on any atom is -0.331 e. The Kier molecular flexibility index (Phi) is 3.71. The number of nitrogens with zero attached hydrogens (tertiary/aromatic N) is 1. The van der Waals surface area contributed by atoms with Gasteiger partial charge in [-0.2, -0.15) is 11.3 Å². The summed E-state index contributed by atoms with van der Waals surface area (Å²) in [4.78, 5) is 14.6. The smallest absolute Gasteiger partial charge is 0.254 e. The Morgan fingerprint density at radius 1 is 1.37 bits per heavy atom. The fraction of sp³-hybridized carbons (Fsp3) is 0.267. The van der Waals surface area contributed by atoms with Gasteiger partial charge in [0.1, 0.15) is 0 Å². The van der Waals surface area contributed by atoms with Gasteiger partial charge in [0.2, 0.25) is 0 Å². The van der Waals surface area contributed by atoms with Crippen LogP contribution in [0.25, 0.3) is 0 Å². The normalized spacial score (nSPS) is 14.4. The Hall–Kier alpha value is -1.13. The number of hydrogen-bond donors (Lipinski definition) is 0. The van der Waals surface area contributed by atoms with Crippen LogP contribution >= 0.6 is 27.3 Å². The van der Waals surface area contributed by atoms with E-state index in [0.717, 1.165) is 29.4 Å². The summed E-state index contributed by atoms with van der Waals surface area (Å²) in [6.45, 7) is 0.722. The maximum Gasteiger partial charge on any atom is 0.254 e. The van der Waals surface area contributed by atoms with Gasteiger partial charge in [0.25, 0.3) is 5.91 Å². The molecular formula is C15H14BrNOS. The molecule has 0 bridgehead atoms. The van der Waals surface area contributed by atoms with Crippen LogP contribution in [-0.4, -0.2) is 16.8 Å². The molecule has 0 N–H and O–H groups in total. The number of rotatable bonds is 4. The van der Waals surface area contributed by atoms with Crippen LogP contribution in [0, 0.1) is 0 Å². The summed E-state index contributed by atoms with van der Waals surface area (Å²) in [5.74, 6) is 0.134. The second-order valence-electron chi connectivity index (χ2n) is 4.81. The predicted octanol–water partition coefficient (Wildman–Crippen LogP) is 4.32. The van der Waals surface area contributed by atoms with Crippen LogP contribution in [-0.2, 0) is 6.54 Å². The van der Waals surface area contributed by atoms with E-state index in [-0.39, 0.29) is 5.91 Å². The largest absolute Gasteiger partial charge is 0.331 e. The van der Waals surface area contributed by atoms with Gasteiger partial charge in [0.15, 0.2) is 0 Å². The lowest BCUT2D eigenvalue weighted by atomic mass is 10.2. The number of carbonyl (C=O) groups excluding carboxylic acids is 1. The van der Waals surface area contributed by atoms with Gasteiger partial charge in [0.05, 0.1) is 0 Å². The van der Waals surface area contributed by atoms with Gasteiger partial charge in [-0.25, -0.2) is 0 Å². The van der Waals surface area contributed by atoms with Crippen molar-refractivity contribution in [3.05, 3.63) is 56.7 Å². The molecule has 1 fully saturated rings. The predicted molar refractivity (Wildman–Crippen MR) is 81.4 cm³/mol. The Bertz CT molecular complexity index is 578. The third-order valence-corrected chi connectivity index (χ3v) is 4.48. The lowest BCUT2D eigenvalue weighted by Crippen LogP contribution is -2.32. The quantitative estimate of drug-likeness (QED) is 0.814. The second kappa shape index (κ2) is 5.47. The van der Waals surface area contributed by atoms with Crippen LogP contribution in [0.5, 0.6) is 0 Å². The lowest BCUT2D eigenvalue weighted by molar-refractivity contribution is 0.0730. The first-order valence-electron chi connectivity index (χ1n) is 6.31. The van der Waals surface area contributed by atoms with Crippen molar-refractivity contribution >= 4 is 33.2 Å². The summed E-state index contributed by atoms with van der Waals surface area (Å²) in [5, 5.41) is 4.17. The fourth-order valence-electron chi connectivity index (χ4n) is 2.12. The molecule has 1 aromatic carbocycles. The summed E-state index contributed by atoms with van der Waals surface area (Å²) in [5.41, 5.74) is 1.98. The molecule has 0 spiro atoms. The van der Waals surface area contributed by atoms with Crippen molar-refractivity contribution in [2.45, 2.75) is 25.4 Å². The molecule has 1 saturated carbocycles. The summed E-state index contributed by atoms with van der Waals surface area (Å²) in [7, 11) is 0. The van der Waals surface area contributed by atoms with Crippen LogP contribution in [0.15, 0.2) is 45.6 Å². The van der Waals surface area contributed by atoms with Crippen LogP contribution in [0.1, 0.15) is 28.8 Å². The van der Waals surface area contributed by atoms with Gasteiger partial charge in [-0.15, -0.1) is 0 Å². The lowest BCUT2D eigenvalue weighted by Gasteiger charge is -2.22. The molecule has 0 atom stereocenters. The highest BCUT2D eigenvalue weighted by Crippen LogP contribution is 2.30. The van der Waals surface area contributed by atoms with Crippen molar-refractivity contribution in [2.24, 2.45) is 0 Å². The third kappa shape index (κ3) is 3.07. The summed E-state index contributed by atoms with van der Waals surface area (Å²) in [6, 6.07) is 10.1. The highest BCUT2D eigenvalue weighted by molar-refractivity contribution is 9.10. The fourth-order valence-corrected chi connectivity index (χ4v) is 3.18. The molecule has 0 aliphatic heterocycles. The van der Waals surface area contributed by atoms with Crippen molar-refractivity contribution < 1.29 is 4.79 Å². The molecule has 2 nitrogen and oxygen atoms in total. The van der Waals surface area contributed by atoms with Gasteiger partial charge in [-0.1, -0.05) is 22.0 Å². The number of halogens is 1. The first kappa shape index (κ1) is 12.9. The third-order valence-electron chi connectivity index (χ3n) is 3.25. The number of carbonyl (C=O) groups is 1. The van der Waals surface area contributed by atoms with E-state index >= 15 is 0 Å². The monoisotopic (exact) mass is 335 g/mol. The average Bonchev–Trinajstić information content (AvgIpc) is 3.12. The van der Waals surface area contributed by atoms with Crippen molar-refractivity contribution in [1.82, 2.24) is 4.90 Å². The average molecular weight is 336 g/mol. The van der Waals surface area contributed by atoms with Crippen molar-refractivity contribution in [1.29, 1.82) is 0 Å². The molecule has 1 aromatic heterocycles. The Morgan fingerprint density at radius 3 is 2.84 bits per heavy atom. The number of thiophene rings is 1. The van der Waals surface area contributed by atoms with Crippen molar-refractivity contribution in [3.8, 4) is 0 Å². The topological polar surface area (TPSA) is 20.3 Å². The second-order valence-corrected chi connectivity index (χ2v) is 6.50. The maximum absolute atomic E-state index is 12.6. The van der Waals surface area contributed by atoms with E-state index in [0.29, 0.717) is 6.04 Å². The first-order chi connectivity index (χ1) is 9.24. The molecule has 19 heavy (non-hydrogen) atoms. The molecule has 98 valence electrons. The minimum absolute atomic E-state index is 0.134. The molecule has 3 rings (SSSR count). The number of benzene rings is 1. The molecule has 1 heterocycles. The van der Waals surface area contributed by atoms with Gasteiger partial charge in [-0.3, -0.25) is 4.79 Å². The molecule has 2 aromatic rings. The van der Waals surface area contributed by atoms with Gasteiger partial charge < -0.3 is 4.90 Å². The van der Waals surface area contributed by atoms with Crippen molar-refractivity contribution in [2.75, 3.05) is 0 Å². The highest BCUT2D eigenvalue weighted by atomic mass is 79.9. The van der Waals surface area contributed by atoms with Crippen LogP contribution in [0.3, 0.4) is 0 Å².